The molecule has 0 unspecified atom stereocenters. The molecule has 0 aromatic rings. The molecular weight excluding hydrogens is 220 g/mol. The van der Waals surface area contributed by atoms with Gasteiger partial charge in [0.25, 0.3) is 0 Å². The lowest BCUT2D eigenvalue weighted by atomic mass is 9.76. The number of piperidine rings is 1. The number of nitrogens with one attached hydrogen (secondary N) is 1. The summed E-state index contributed by atoms with van der Waals surface area (Å²) in [4.78, 5) is 2.71. The van der Waals surface area contributed by atoms with Gasteiger partial charge in [-0.05, 0) is 57.7 Å². The highest BCUT2D eigenvalue weighted by Crippen LogP contribution is 2.34. The van der Waals surface area contributed by atoms with E-state index in [-0.39, 0.29) is 0 Å². The van der Waals surface area contributed by atoms with Gasteiger partial charge in [-0.1, -0.05) is 32.6 Å². The summed E-state index contributed by atoms with van der Waals surface area (Å²) < 4.78 is 0. The van der Waals surface area contributed by atoms with Crippen LogP contribution in [-0.2, 0) is 0 Å². The molecule has 2 rings (SSSR count). The maximum absolute atomic E-state index is 3.52. The topological polar surface area (TPSA) is 15.3 Å². The number of nitrogens with zero attached hydrogens (tertiary/aromatic N) is 1. The minimum atomic E-state index is 0.603. The summed E-state index contributed by atoms with van der Waals surface area (Å²) in [6, 6.07) is 0.866. The Labute approximate surface area is 114 Å². The van der Waals surface area contributed by atoms with E-state index >= 15 is 0 Å². The molecule has 1 aliphatic heterocycles. The lowest BCUT2D eigenvalue weighted by Gasteiger charge is -2.42. The molecule has 2 heteroatoms. The molecule has 2 nitrogen and oxygen atoms in total. The average Bonchev–Trinajstić information content (AvgIpc) is 2.68. The first-order valence-corrected chi connectivity index (χ1v) is 8.17. The van der Waals surface area contributed by atoms with Crippen molar-refractivity contribution in [2.75, 3.05) is 26.7 Å². The fraction of sp³-hybridized carbons (Fsp3) is 1.00. The highest BCUT2D eigenvalue weighted by Gasteiger charge is 2.32. The summed E-state index contributed by atoms with van der Waals surface area (Å²) in [6.07, 6.45) is 12.8. The van der Waals surface area contributed by atoms with Gasteiger partial charge in [0.1, 0.15) is 0 Å². The first-order chi connectivity index (χ1) is 8.76. The van der Waals surface area contributed by atoms with Crippen LogP contribution in [0.4, 0.5) is 0 Å². The van der Waals surface area contributed by atoms with Crippen molar-refractivity contribution < 1.29 is 0 Å². The summed E-state index contributed by atoms with van der Waals surface area (Å²) in [5.41, 5.74) is 0.603. The van der Waals surface area contributed by atoms with Crippen LogP contribution < -0.4 is 5.32 Å². The maximum Gasteiger partial charge on any atom is 0.00924 e. The van der Waals surface area contributed by atoms with E-state index in [1.807, 2.05) is 0 Å². The zero-order valence-corrected chi connectivity index (χ0v) is 12.5. The standard InChI is InChI=1S/C16H32N2/c1-3-16(10-12-17-13-11-16)14-18(2)15-8-6-4-5-7-9-15/h15,17H,3-14H2,1-2H3. The smallest absolute Gasteiger partial charge is 0.00924 e. The summed E-state index contributed by atoms with van der Waals surface area (Å²) >= 11 is 0. The SMILES string of the molecule is CCC1(CN(C)C2CCCCCC2)CCNCC1. The molecule has 1 N–H and O–H groups in total. The van der Waals surface area contributed by atoms with Gasteiger partial charge in [0.15, 0.2) is 0 Å². The fourth-order valence-electron chi connectivity index (χ4n) is 3.94. The Morgan fingerprint density at radius 3 is 2.22 bits per heavy atom. The monoisotopic (exact) mass is 252 g/mol. The third-order valence-electron chi connectivity index (χ3n) is 5.45. The van der Waals surface area contributed by atoms with Gasteiger partial charge in [0, 0.05) is 12.6 Å². The van der Waals surface area contributed by atoms with E-state index in [0.29, 0.717) is 5.41 Å². The molecule has 0 bridgehead atoms. The van der Waals surface area contributed by atoms with Crippen molar-refractivity contribution in [1.29, 1.82) is 0 Å². The fourth-order valence-corrected chi connectivity index (χ4v) is 3.94. The Morgan fingerprint density at radius 1 is 1.06 bits per heavy atom. The molecule has 0 radical (unpaired) electrons. The third-order valence-corrected chi connectivity index (χ3v) is 5.45. The van der Waals surface area contributed by atoms with Crippen molar-refractivity contribution in [2.24, 2.45) is 5.41 Å². The largest absolute Gasteiger partial charge is 0.317 e. The maximum atomic E-state index is 3.52. The highest BCUT2D eigenvalue weighted by molar-refractivity contribution is 4.87. The van der Waals surface area contributed by atoms with Crippen LogP contribution in [0.25, 0.3) is 0 Å². The molecule has 18 heavy (non-hydrogen) atoms. The van der Waals surface area contributed by atoms with E-state index in [2.05, 4.69) is 24.2 Å². The van der Waals surface area contributed by atoms with Crippen molar-refractivity contribution in [2.45, 2.75) is 70.8 Å². The molecule has 0 spiro atoms. The van der Waals surface area contributed by atoms with Gasteiger partial charge in [-0.3, -0.25) is 0 Å². The van der Waals surface area contributed by atoms with Gasteiger partial charge in [-0.15, -0.1) is 0 Å². The molecular formula is C16H32N2. The summed E-state index contributed by atoms with van der Waals surface area (Å²) in [7, 11) is 2.38. The van der Waals surface area contributed by atoms with Gasteiger partial charge in [0.2, 0.25) is 0 Å². The van der Waals surface area contributed by atoms with E-state index in [0.717, 1.165) is 6.04 Å². The van der Waals surface area contributed by atoms with Crippen LogP contribution in [0.15, 0.2) is 0 Å². The quantitative estimate of drug-likeness (QED) is 0.771. The van der Waals surface area contributed by atoms with E-state index in [1.165, 1.54) is 77.4 Å². The third kappa shape index (κ3) is 3.71. The van der Waals surface area contributed by atoms with E-state index in [1.54, 1.807) is 0 Å². The first kappa shape index (κ1) is 14.3. The highest BCUT2D eigenvalue weighted by atomic mass is 15.1. The molecule has 2 fully saturated rings. The second-order valence-electron chi connectivity index (χ2n) is 6.66. The van der Waals surface area contributed by atoms with Crippen molar-refractivity contribution >= 4 is 0 Å². The minimum absolute atomic E-state index is 0.603. The van der Waals surface area contributed by atoms with Gasteiger partial charge in [-0.25, -0.2) is 0 Å². The number of hydrogen-bond acceptors (Lipinski definition) is 2. The predicted octanol–water partition coefficient (Wildman–Crippen LogP) is 3.42. The van der Waals surface area contributed by atoms with Crippen LogP contribution in [0.2, 0.25) is 0 Å². The van der Waals surface area contributed by atoms with Crippen molar-refractivity contribution in [3.8, 4) is 0 Å². The van der Waals surface area contributed by atoms with Crippen molar-refractivity contribution in [3.63, 3.8) is 0 Å². The van der Waals surface area contributed by atoms with Crippen LogP contribution in [0.3, 0.4) is 0 Å². The number of rotatable bonds is 4. The van der Waals surface area contributed by atoms with Gasteiger partial charge in [-0.2, -0.15) is 0 Å². The summed E-state index contributed by atoms with van der Waals surface area (Å²) in [6.45, 7) is 6.18. The number of hydrogen-bond donors (Lipinski definition) is 1. The minimum Gasteiger partial charge on any atom is -0.317 e. The first-order valence-electron chi connectivity index (χ1n) is 8.17. The summed E-state index contributed by atoms with van der Waals surface area (Å²) in [5.74, 6) is 0. The molecule has 1 aliphatic carbocycles. The molecule has 0 atom stereocenters. The molecule has 1 saturated carbocycles. The van der Waals surface area contributed by atoms with E-state index < -0.39 is 0 Å². The molecule has 1 heterocycles. The summed E-state index contributed by atoms with van der Waals surface area (Å²) in [5, 5.41) is 3.52. The molecule has 0 aromatic carbocycles. The Hall–Kier alpha value is -0.0800. The Bertz CT molecular complexity index is 225. The molecule has 2 aliphatic rings. The van der Waals surface area contributed by atoms with E-state index in [9.17, 15) is 0 Å². The van der Waals surface area contributed by atoms with Crippen LogP contribution in [0, 0.1) is 5.41 Å². The Kier molecular flexibility index (Phi) is 5.50. The lowest BCUT2D eigenvalue weighted by molar-refractivity contribution is 0.0909. The Morgan fingerprint density at radius 2 is 1.67 bits per heavy atom. The molecule has 0 amide bonds. The van der Waals surface area contributed by atoms with E-state index in [4.69, 9.17) is 0 Å². The molecule has 106 valence electrons. The van der Waals surface area contributed by atoms with Crippen LogP contribution in [0.5, 0.6) is 0 Å². The zero-order valence-electron chi connectivity index (χ0n) is 12.5. The van der Waals surface area contributed by atoms with Gasteiger partial charge in [0.05, 0.1) is 0 Å². The second kappa shape index (κ2) is 6.91. The molecule has 0 aromatic heterocycles. The van der Waals surface area contributed by atoms with Crippen LogP contribution in [-0.4, -0.2) is 37.6 Å². The van der Waals surface area contributed by atoms with Crippen LogP contribution >= 0.6 is 0 Å². The van der Waals surface area contributed by atoms with Crippen molar-refractivity contribution in [1.82, 2.24) is 10.2 Å². The Balaban J connectivity index is 1.89. The predicted molar refractivity (Wildman–Crippen MR) is 78.9 cm³/mol. The lowest BCUT2D eigenvalue weighted by Crippen LogP contribution is -2.46. The normalized spacial score (nSPS) is 26.2. The second-order valence-corrected chi connectivity index (χ2v) is 6.66. The van der Waals surface area contributed by atoms with Crippen LogP contribution in [0.1, 0.15) is 64.7 Å². The van der Waals surface area contributed by atoms with Crippen molar-refractivity contribution in [3.05, 3.63) is 0 Å². The zero-order chi connectivity index (χ0) is 12.8. The van der Waals surface area contributed by atoms with Gasteiger partial charge >= 0.3 is 0 Å². The van der Waals surface area contributed by atoms with Gasteiger partial charge < -0.3 is 10.2 Å². The average molecular weight is 252 g/mol. The molecule has 1 saturated heterocycles.